The van der Waals surface area contributed by atoms with E-state index in [9.17, 15) is 4.79 Å². The van der Waals surface area contributed by atoms with Crippen LogP contribution in [0.25, 0.3) is 0 Å². The Hall–Kier alpha value is -1.14. The number of nitrogens with one attached hydrogen (secondary N) is 2. The lowest BCUT2D eigenvalue weighted by Crippen LogP contribution is -2.45. The van der Waals surface area contributed by atoms with Crippen molar-refractivity contribution in [1.29, 1.82) is 0 Å². The van der Waals surface area contributed by atoms with Crippen LogP contribution in [0.4, 0.5) is 4.79 Å². The van der Waals surface area contributed by atoms with Crippen LogP contribution >= 0.6 is 11.3 Å². The fourth-order valence-corrected chi connectivity index (χ4v) is 3.11. The average molecular weight is 297 g/mol. The summed E-state index contributed by atoms with van der Waals surface area (Å²) < 4.78 is 5.34. The Morgan fingerprint density at radius 3 is 3.00 bits per heavy atom. The third-order valence-electron chi connectivity index (χ3n) is 3.66. The molecule has 1 saturated heterocycles. The molecule has 2 amide bonds. The number of ether oxygens (including phenoxy) is 1. The number of hydrogen-bond donors (Lipinski definition) is 2. The summed E-state index contributed by atoms with van der Waals surface area (Å²) in [5.41, 5.74) is 1.04. The zero-order valence-electron chi connectivity index (χ0n) is 12.3. The molecule has 0 spiro atoms. The largest absolute Gasteiger partial charge is 0.381 e. The molecule has 2 N–H and O–H groups in total. The molecule has 1 aliphatic heterocycles. The Labute approximate surface area is 124 Å². The predicted molar refractivity (Wildman–Crippen MR) is 80.2 cm³/mol. The minimum atomic E-state index is -0.107. The fourth-order valence-electron chi connectivity index (χ4n) is 2.25. The van der Waals surface area contributed by atoms with Crippen molar-refractivity contribution >= 4 is 17.4 Å². The third-order valence-corrected chi connectivity index (χ3v) is 4.85. The molecule has 6 heteroatoms. The summed E-state index contributed by atoms with van der Waals surface area (Å²) in [6.07, 6.45) is 1.02. The molecule has 1 aromatic heterocycles. The lowest BCUT2D eigenvalue weighted by molar-refractivity contribution is 0.178. The maximum atomic E-state index is 11.9. The van der Waals surface area contributed by atoms with Gasteiger partial charge in [-0.15, -0.1) is 11.3 Å². The Kier molecular flexibility index (Phi) is 5.37. The summed E-state index contributed by atoms with van der Waals surface area (Å²) in [6, 6.07) is 0.0411. The van der Waals surface area contributed by atoms with Crippen molar-refractivity contribution in [3.8, 4) is 0 Å². The number of nitrogens with zero attached hydrogens (tertiary/aromatic N) is 1. The first kappa shape index (κ1) is 15.3. The van der Waals surface area contributed by atoms with Crippen molar-refractivity contribution in [3.63, 3.8) is 0 Å². The molecule has 1 fully saturated rings. The van der Waals surface area contributed by atoms with E-state index in [-0.39, 0.29) is 18.0 Å². The van der Waals surface area contributed by atoms with Crippen LogP contribution in [0.1, 0.15) is 36.9 Å². The highest BCUT2D eigenvalue weighted by Gasteiger charge is 2.23. The molecule has 0 unspecified atom stereocenters. The fraction of sp³-hybridized carbons (Fsp3) is 0.714. The summed E-state index contributed by atoms with van der Waals surface area (Å²) in [6.45, 7) is 8.25. The summed E-state index contributed by atoms with van der Waals surface area (Å²) >= 11 is 1.64. The minimum absolute atomic E-state index is 0.107. The van der Waals surface area contributed by atoms with E-state index in [4.69, 9.17) is 4.74 Å². The van der Waals surface area contributed by atoms with E-state index in [0.717, 1.165) is 30.3 Å². The van der Waals surface area contributed by atoms with Gasteiger partial charge in [-0.1, -0.05) is 6.92 Å². The Balaban J connectivity index is 1.71. The van der Waals surface area contributed by atoms with E-state index in [0.29, 0.717) is 12.5 Å². The van der Waals surface area contributed by atoms with E-state index >= 15 is 0 Å². The van der Waals surface area contributed by atoms with Crippen molar-refractivity contribution in [2.75, 3.05) is 19.8 Å². The summed E-state index contributed by atoms with van der Waals surface area (Å²) in [4.78, 5) is 16.3. The maximum absolute atomic E-state index is 11.9. The molecule has 20 heavy (non-hydrogen) atoms. The van der Waals surface area contributed by atoms with Gasteiger partial charge in [0.05, 0.1) is 11.6 Å². The molecule has 5 nitrogen and oxygen atoms in total. The molecular formula is C14H23N3O2S. The Bertz CT molecular complexity index is 443. The minimum Gasteiger partial charge on any atom is -0.381 e. The van der Waals surface area contributed by atoms with Crippen LogP contribution in [0, 0.1) is 12.8 Å². The molecule has 1 aromatic rings. The first-order chi connectivity index (χ1) is 9.56. The van der Waals surface area contributed by atoms with Gasteiger partial charge in [0.1, 0.15) is 0 Å². The first-order valence-electron chi connectivity index (χ1n) is 7.10. The molecule has 0 saturated carbocycles. The van der Waals surface area contributed by atoms with E-state index < -0.39 is 0 Å². The van der Waals surface area contributed by atoms with Crippen molar-refractivity contribution < 1.29 is 9.53 Å². The second-order valence-corrected chi connectivity index (χ2v) is 6.38. The molecule has 2 heterocycles. The van der Waals surface area contributed by atoms with Gasteiger partial charge in [0.2, 0.25) is 0 Å². The molecule has 0 bridgehead atoms. The number of amides is 2. The van der Waals surface area contributed by atoms with Crippen molar-refractivity contribution in [2.45, 2.75) is 39.2 Å². The number of thiazole rings is 1. The molecule has 3 atom stereocenters. The molecule has 112 valence electrons. The molecular weight excluding hydrogens is 274 g/mol. The van der Waals surface area contributed by atoms with Crippen LogP contribution in [-0.4, -0.2) is 36.8 Å². The standard InChI is InChI=1S/C14H23N3O2S/c1-9(13-16-10(2)8-20-13)6-15-14(18)17-11(3)12-4-5-19-7-12/h8-9,11-12H,4-7H2,1-3H3,(H2,15,17,18)/t9-,11+,12+/m1/s1. The second kappa shape index (κ2) is 7.04. The van der Waals surface area contributed by atoms with Gasteiger partial charge in [-0.05, 0) is 20.3 Å². The zero-order valence-corrected chi connectivity index (χ0v) is 13.1. The lowest BCUT2D eigenvalue weighted by Gasteiger charge is -2.20. The lowest BCUT2D eigenvalue weighted by atomic mass is 10.0. The number of urea groups is 1. The van der Waals surface area contributed by atoms with Gasteiger partial charge in [-0.2, -0.15) is 0 Å². The summed E-state index contributed by atoms with van der Waals surface area (Å²) in [7, 11) is 0. The normalized spacial score (nSPS) is 21.4. The number of rotatable bonds is 5. The van der Waals surface area contributed by atoms with E-state index in [2.05, 4.69) is 22.5 Å². The third kappa shape index (κ3) is 4.18. The number of carbonyl (C=O) groups excluding carboxylic acids is 1. The summed E-state index contributed by atoms with van der Waals surface area (Å²) in [5.74, 6) is 0.671. The second-order valence-electron chi connectivity index (χ2n) is 5.49. The Morgan fingerprint density at radius 2 is 2.40 bits per heavy atom. The van der Waals surface area contributed by atoms with Gasteiger partial charge in [0, 0.05) is 42.1 Å². The molecule has 0 aromatic carbocycles. The van der Waals surface area contributed by atoms with Gasteiger partial charge in [-0.25, -0.2) is 9.78 Å². The van der Waals surface area contributed by atoms with E-state index in [1.165, 1.54) is 0 Å². The zero-order chi connectivity index (χ0) is 14.5. The summed E-state index contributed by atoms with van der Waals surface area (Å²) in [5, 5.41) is 9.01. The van der Waals surface area contributed by atoms with Crippen LogP contribution < -0.4 is 10.6 Å². The molecule has 0 radical (unpaired) electrons. The number of aryl methyl sites for hydroxylation is 1. The monoisotopic (exact) mass is 297 g/mol. The van der Waals surface area contributed by atoms with E-state index in [1.807, 2.05) is 19.2 Å². The van der Waals surface area contributed by atoms with Gasteiger partial charge in [0.15, 0.2) is 0 Å². The Morgan fingerprint density at radius 1 is 1.60 bits per heavy atom. The van der Waals surface area contributed by atoms with Gasteiger partial charge in [0.25, 0.3) is 0 Å². The topological polar surface area (TPSA) is 63.2 Å². The predicted octanol–water partition coefficient (Wildman–Crippen LogP) is 2.28. The van der Waals surface area contributed by atoms with Crippen LogP contribution in [0.15, 0.2) is 5.38 Å². The molecule has 2 rings (SSSR count). The highest BCUT2D eigenvalue weighted by Crippen LogP contribution is 2.19. The molecule has 1 aliphatic rings. The highest BCUT2D eigenvalue weighted by atomic mass is 32.1. The van der Waals surface area contributed by atoms with Crippen molar-refractivity contribution in [3.05, 3.63) is 16.1 Å². The SMILES string of the molecule is Cc1csc([C@H](C)CNC(=O)N[C@@H](C)[C@H]2CCOC2)n1. The van der Waals surface area contributed by atoms with Crippen LogP contribution in [0.3, 0.4) is 0 Å². The van der Waals surface area contributed by atoms with Gasteiger partial charge in [-0.3, -0.25) is 0 Å². The van der Waals surface area contributed by atoms with Crippen LogP contribution in [0.5, 0.6) is 0 Å². The number of hydrogen-bond acceptors (Lipinski definition) is 4. The van der Waals surface area contributed by atoms with Crippen molar-refractivity contribution in [1.82, 2.24) is 15.6 Å². The molecule has 0 aliphatic carbocycles. The van der Waals surface area contributed by atoms with E-state index in [1.54, 1.807) is 11.3 Å². The van der Waals surface area contributed by atoms with Crippen LogP contribution in [-0.2, 0) is 4.74 Å². The average Bonchev–Trinajstić information content (AvgIpc) is 3.06. The smallest absolute Gasteiger partial charge is 0.315 e. The number of carbonyl (C=O) groups is 1. The quantitative estimate of drug-likeness (QED) is 0.876. The van der Waals surface area contributed by atoms with Gasteiger partial charge >= 0.3 is 6.03 Å². The highest BCUT2D eigenvalue weighted by molar-refractivity contribution is 7.09. The maximum Gasteiger partial charge on any atom is 0.315 e. The van der Waals surface area contributed by atoms with Gasteiger partial charge < -0.3 is 15.4 Å². The number of aromatic nitrogens is 1. The first-order valence-corrected chi connectivity index (χ1v) is 7.98. The van der Waals surface area contributed by atoms with Crippen LogP contribution in [0.2, 0.25) is 0 Å². The van der Waals surface area contributed by atoms with Crippen molar-refractivity contribution in [2.24, 2.45) is 5.92 Å².